The van der Waals surface area contributed by atoms with Gasteiger partial charge in [-0.3, -0.25) is 4.79 Å². The van der Waals surface area contributed by atoms with Crippen molar-refractivity contribution in [2.75, 3.05) is 13.7 Å². The van der Waals surface area contributed by atoms with E-state index in [4.69, 9.17) is 13.9 Å². The topological polar surface area (TPSA) is 98.9 Å². The minimum absolute atomic E-state index is 0.260. The van der Waals surface area contributed by atoms with E-state index in [1.165, 1.54) is 7.11 Å². The number of aromatic nitrogens is 1. The summed E-state index contributed by atoms with van der Waals surface area (Å²) in [5.41, 5.74) is 1.19. The minimum atomic E-state index is -1.47. The highest BCUT2D eigenvalue weighted by Crippen LogP contribution is 2.43. The second-order valence-electron chi connectivity index (χ2n) is 9.10. The minimum Gasteiger partial charge on any atom is -0.494 e. The number of hydrogen-bond donors (Lipinski definition) is 1. The van der Waals surface area contributed by atoms with Gasteiger partial charge in [0.05, 0.1) is 24.2 Å². The molecule has 1 atom stereocenters. The SMILES string of the molecule is COC(=O)c1ccc(/C=C2/C(=O)C(Sc3nc4ccccc4o3)=CC2(O)CCCCOc2ccccc2)cc1. The van der Waals surface area contributed by atoms with Gasteiger partial charge in [-0.2, -0.15) is 0 Å². The van der Waals surface area contributed by atoms with Crippen LogP contribution in [0.3, 0.4) is 0 Å². The van der Waals surface area contributed by atoms with E-state index in [1.807, 2.05) is 54.6 Å². The van der Waals surface area contributed by atoms with E-state index in [2.05, 4.69) is 4.98 Å². The third-order valence-corrected chi connectivity index (χ3v) is 7.26. The van der Waals surface area contributed by atoms with Crippen molar-refractivity contribution in [2.45, 2.75) is 30.1 Å². The van der Waals surface area contributed by atoms with Crippen LogP contribution in [-0.4, -0.2) is 41.2 Å². The van der Waals surface area contributed by atoms with Gasteiger partial charge in [-0.25, -0.2) is 9.78 Å². The van der Waals surface area contributed by atoms with Gasteiger partial charge >= 0.3 is 5.97 Å². The first-order valence-corrected chi connectivity index (χ1v) is 13.4. The molecule has 3 aromatic carbocycles. The molecule has 0 aliphatic heterocycles. The number of fused-ring (bicyclic) bond motifs is 1. The van der Waals surface area contributed by atoms with Crippen molar-refractivity contribution in [3.63, 3.8) is 0 Å². The molecule has 7 nitrogen and oxygen atoms in total. The lowest BCUT2D eigenvalue weighted by Gasteiger charge is -2.22. The maximum Gasteiger partial charge on any atom is 0.337 e. The maximum atomic E-state index is 13.6. The van der Waals surface area contributed by atoms with Gasteiger partial charge in [-0.15, -0.1) is 0 Å². The molecule has 0 spiro atoms. The standard InChI is InChI=1S/C31H27NO6S/c1-36-29(34)22-15-13-21(14-16-22)19-24-28(33)27(39-30-32-25-11-5-6-12-26(25)38-30)20-31(24,35)17-7-8-18-37-23-9-3-2-4-10-23/h2-6,9-16,19-20,35H,7-8,17-18H2,1H3/b24-19-. The lowest BCUT2D eigenvalue weighted by molar-refractivity contribution is -0.112. The molecule has 0 saturated carbocycles. The number of thioether (sulfide) groups is 1. The highest BCUT2D eigenvalue weighted by Gasteiger charge is 2.42. The van der Waals surface area contributed by atoms with Gasteiger partial charge in [0.1, 0.15) is 16.9 Å². The Labute approximate surface area is 230 Å². The number of Topliss-reactive ketones (excluding diaryl/α,β-unsaturated/α-hetero) is 1. The summed E-state index contributed by atoms with van der Waals surface area (Å²) in [5, 5.41) is 12.1. The number of rotatable bonds is 10. The Morgan fingerprint density at radius 2 is 1.77 bits per heavy atom. The Kier molecular flexibility index (Phi) is 7.95. The predicted molar refractivity (Wildman–Crippen MR) is 149 cm³/mol. The summed E-state index contributed by atoms with van der Waals surface area (Å²) >= 11 is 1.10. The fraction of sp³-hybridized carbons (Fsp3) is 0.194. The number of ether oxygens (including phenoxy) is 2. The number of ketones is 1. The summed E-state index contributed by atoms with van der Waals surface area (Å²) in [6.45, 7) is 0.496. The van der Waals surface area contributed by atoms with E-state index >= 15 is 0 Å². The van der Waals surface area contributed by atoms with Crippen LogP contribution in [-0.2, 0) is 9.53 Å². The Morgan fingerprint density at radius 1 is 1.03 bits per heavy atom. The molecule has 0 radical (unpaired) electrons. The fourth-order valence-electron chi connectivity index (χ4n) is 4.35. The number of hydrogen-bond acceptors (Lipinski definition) is 8. The Bertz CT molecular complexity index is 1510. The van der Waals surface area contributed by atoms with Gasteiger partial charge in [-0.05, 0) is 85.1 Å². The van der Waals surface area contributed by atoms with Gasteiger partial charge < -0.3 is 19.0 Å². The van der Waals surface area contributed by atoms with E-state index in [1.54, 1.807) is 36.4 Å². The number of methoxy groups -OCH3 is 1. The Morgan fingerprint density at radius 3 is 2.51 bits per heavy atom. The van der Waals surface area contributed by atoms with Gasteiger partial charge in [0.25, 0.3) is 5.22 Å². The van der Waals surface area contributed by atoms with Crippen LogP contribution in [0.1, 0.15) is 35.2 Å². The Balaban J connectivity index is 1.35. The van der Waals surface area contributed by atoms with Crippen molar-refractivity contribution in [1.29, 1.82) is 0 Å². The number of carbonyl (C=O) groups excluding carboxylic acids is 2. The average Bonchev–Trinajstić information content (AvgIpc) is 3.47. The largest absolute Gasteiger partial charge is 0.494 e. The quantitative estimate of drug-likeness (QED) is 0.143. The number of esters is 1. The van der Waals surface area contributed by atoms with Crippen molar-refractivity contribution in [2.24, 2.45) is 0 Å². The molecule has 1 heterocycles. The van der Waals surface area contributed by atoms with Crippen LogP contribution < -0.4 is 4.74 Å². The third kappa shape index (κ3) is 6.13. The number of oxazole rings is 1. The normalized spacial score (nSPS) is 17.9. The van der Waals surface area contributed by atoms with Crippen LogP contribution in [0.25, 0.3) is 17.2 Å². The zero-order valence-corrected chi connectivity index (χ0v) is 22.1. The number of unbranched alkanes of at least 4 members (excludes halogenated alkanes) is 1. The van der Waals surface area contributed by atoms with Gasteiger partial charge in [0, 0.05) is 5.57 Å². The molecule has 39 heavy (non-hydrogen) atoms. The average molecular weight is 542 g/mol. The zero-order chi connectivity index (χ0) is 27.2. The number of aliphatic hydroxyl groups is 1. The highest BCUT2D eigenvalue weighted by molar-refractivity contribution is 8.03. The van der Waals surface area contributed by atoms with Gasteiger partial charge in [-0.1, -0.05) is 42.5 Å². The van der Waals surface area contributed by atoms with Crippen molar-refractivity contribution >= 4 is 40.7 Å². The van der Waals surface area contributed by atoms with Crippen LogP contribution in [0.2, 0.25) is 0 Å². The number of allylic oxidation sites excluding steroid dienone is 1. The molecule has 1 aliphatic rings. The summed E-state index contributed by atoms with van der Waals surface area (Å²) in [6.07, 6.45) is 4.93. The molecular formula is C31H27NO6S. The first-order valence-electron chi connectivity index (χ1n) is 12.6. The second-order valence-corrected chi connectivity index (χ2v) is 10.1. The second kappa shape index (κ2) is 11.7. The molecule has 0 bridgehead atoms. The lowest BCUT2D eigenvalue weighted by Crippen LogP contribution is -2.28. The number of carbonyl (C=O) groups is 2. The lowest BCUT2D eigenvalue weighted by atomic mass is 9.89. The zero-order valence-electron chi connectivity index (χ0n) is 21.3. The summed E-state index contributed by atoms with van der Waals surface area (Å²) < 4.78 is 16.3. The summed E-state index contributed by atoms with van der Waals surface area (Å²) in [7, 11) is 1.32. The predicted octanol–water partition coefficient (Wildman–Crippen LogP) is 6.24. The summed E-state index contributed by atoms with van der Waals surface area (Å²) in [4.78, 5) is 30.2. The monoisotopic (exact) mass is 541 g/mol. The highest BCUT2D eigenvalue weighted by atomic mass is 32.2. The van der Waals surface area contributed by atoms with E-state index in [0.717, 1.165) is 17.5 Å². The molecule has 1 unspecified atom stereocenters. The van der Waals surface area contributed by atoms with Gasteiger partial charge in [0.2, 0.25) is 0 Å². The molecule has 1 aromatic heterocycles. The van der Waals surface area contributed by atoms with Crippen LogP contribution >= 0.6 is 11.8 Å². The number of benzene rings is 3. The molecule has 1 aliphatic carbocycles. The van der Waals surface area contributed by atoms with E-state index in [9.17, 15) is 14.7 Å². The molecule has 198 valence electrons. The molecule has 0 fully saturated rings. The first-order chi connectivity index (χ1) is 18.9. The number of nitrogens with zero attached hydrogens (tertiary/aromatic N) is 1. The van der Waals surface area contributed by atoms with Crippen molar-refractivity contribution < 1.29 is 28.6 Å². The molecule has 8 heteroatoms. The molecular weight excluding hydrogens is 514 g/mol. The Hall–Kier alpha value is -4.14. The van der Waals surface area contributed by atoms with Crippen LogP contribution in [0, 0.1) is 0 Å². The van der Waals surface area contributed by atoms with Crippen LogP contribution in [0.5, 0.6) is 5.75 Å². The molecule has 5 rings (SSSR count). The van der Waals surface area contributed by atoms with Crippen LogP contribution in [0.15, 0.2) is 105 Å². The maximum absolute atomic E-state index is 13.6. The fourth-order valence-corrected chi connectivity index (χ4v) is 5.27. The molecule has 4 aromatic rings. The first kappa shape index (κ1) is 26.5. The van der Waals surface area contributed by atoms with E-state index in [0.29, 0.717) is 58.2 Å². The van der Waals surface area contributed by atoms with E-state index < -0.39 is 11.6 Å². The van der Waals surface area contributed by atoms with Crippen molar-refractivity contribution in [1.82, 2.24) is 4.98 Å². The van der Waals surface area contributed by atoms with Crippen LogP contribution in [0.4, 0.5) is 0 Å². The van der Waals surface area contributed by atoms with Crippen molar-refractivity contribution in [3.8, 4) is 5.75 Å². The van der Waals surface area contributed by atoms with E-state index in [-0.39, 0.29) is 11.4 Å². The molecule has 0 amide bonds. The third-order valence-electron chi connectivity index (χ3n) is 6.38. The molecule has 1 N–H and O–H groups in total. The van der Waals surface area contributed by atoms with Crippen molar-refractivity contribution in [3.05, 3.63) is 107 Å². The van der Waals surface area contributed by atoms with Gasteiger partial charge in [0.15, 0.2) is 11.4 Å². The number of para-hydroxylation sites is 3. The molecule has 0 saturated heterocycles. The summed E-state index contributed by atoms with van der Waals surface area (Å²) in [5.74, 6) is 0.0570. The summed E-state index contributed by atoms with van der Waals surface area (Å²) in [6, 6.07) is 23.6. The smallest absolute Gasteiger partial charge is 0.337 e.